The molecule has 1 fully saturated rings. The highest BCUT2D eigenvalue weighted by molar-refractivity contribution is 5.79. The van der Waals surface area contributed by atoms with Crippen LogP contribution in [0, 0.1) is 0 Å². The largest absolute Gasteiger partial charge is 0.347 e. The molecule has 0 bridgehead atoms. The Morgan fingerprint density at radius 3 is 2.44 bits per heavy atom. The molecule has 1 aliphatic heterocycles. The summed E-state index contributed by atoms with van der Waals surface area (Å²) >= 11 is 0. The zero-order valence-electron chi connectivity index (χ0n) is 15.0. The molecule has 0 saturated carbocycles. The minimum atomic E-state index is -0.0454. The topological polar surface area (TPSA) is 49.3 Å². The molecule has 1 aliphatic rings. The van der Waals surface area contributed by atoms with Crippen molar-refractivity contribution in [1.82, 2.24) is 20.1 Å². The summed E-state index contributed by atoms with van der Waals surface area (Å²) in [6, 6.07) is 10.5. The van der Waals surface area contributed by atoms with Crippen molar-refractivity contribution >= 4 is 16.9 Å². The molecular weight excluding hydrogens is 312 g/mol. The summed E-state index contributed by atoms with van der Waals surface area (Å²) in [7, 11) is 0. The minimum absolute atomic E-state index is 0.0454. The summed E-state index contributed by atoms with van der Waals surface area (Å²) in [6.45, 7) is 5.92. The lowest BCUT2D eigenvalue weighted by molar-refractivity contribution is 0.222. The predicted molar refractivity (Wildman–Crippen MR) is 103 cm³/mol. The first kappa shape index (κ1) is 17.8. The highest BCUT2D eigenvalue weighted by atomic mass is 16.2. The van der Waals surface area contributed by atoms with E-state index in [-0.39, 0.29) is 6.03 Å². The van der Waals surface area contributed by atoms with Crippen molar-refractivity contribution in [3.05, 3.63) is 36.5 Å². The van der Waals surface area contributed by atoms with Gasteiger partial charge in [-0.25, -0.2) is 4.79 Å². The van der Waals surface area contributed by atoms with Crippen LogP contribution in [-0.4, -0.2) is 48.2 Å². The lowest BCUT2D eigenvalue weighted by Gasteiger charge is -2.26. The van der Waals surface area contributed by atoms with Crippen LogP contribution in [0.5, 0.6) is 0 Å². The van der Waals surface area contributed by atoms with Crippen molar-refractivity contribution in [3.63, 3.8) is 0 Å². The number of amides is 2. The van der Waals surface area contributed by atoms with Crippen LogP contribution in [0.25, 0.3) is 10.9 Å². The molecule has 5 heteroatoms. The number of hydrogen-bond donors (Lipinski definition) is 2. The lowest BCUT2D eigenvalue weighted by Crippen LogP contribution is -2.38. The molecule has 2 aromatic rings. The quantitative estimate of drug-likeness (QED) is 0.724. The van der Waals surface area contributed by atoms with E-state index in [2.05, 4.69) is 56.6 Å². The standard InChI is InChI=1S/C20H30N4O/c25-20(21-11-6-15-23-13-4-1-5-14-23)22-12-7-16-24-17-10-18-8-2-3-9-19(18)24/h2-3,8-10,17H,1,4-7,11-16H2,(H2,21,22,25). The maximum absolute atomic E-state index is 11.8. The first-order valence-corrected chi connectivity index (χ1v) is 9.61. The number of carbonyl (C=O) groups is 1. The van der Waals surface area contributed by atoms with Crippen LogP contribution in [0.15, 0.2) is 36.5 Å². The molecule has 1 aromatic carbocycles. The molecule has 0 atom stereocenters. The summed E-state index contributed by atoms with van der Waals surface area (Å²) < 4.78 is 2.24. The lowest BCUT2D eigenvalue weighted by atomic mass is 10.1. The van der Waals surface area contributed by atoms with Crippen LogP contribution in [0.3, 0.4) is 0 Å². The van der Waals surface area contributed by atoms with Crippen LogP contribution < -0.4 is 10.6 Å². The van der Waals surface area contributed by atoms with Gasteiger partial charge >= 0.3 is 6.03 Å². The number of piperidine rings is 1. The summed E-state index contributed by atoms with van der Waals surface area (Å²) in [5, 5.41) is 7.18. The van der Waals surface area contributed by atoms with Gasteiger partial charge in [-0.15, -0.1) is 0 Å². The Balaban J connectivity index is 1.25. The predicted octanol–water partition coefficient (Wildman–Crippen LogP) is 3.21. The van der Waals surface area contributed by atoms with E-state index in [4.69, 9.17) is 0 Å². The number of carbonyl (C=O) groups excluding carboxylic acids is 1. The zero-order chi connectivity index (χ0) is 17.3. The molecule has 2 heterocycles. The number of aromatic nitrogens is 1. The third-order valence-corrected chi connectivity index (χ3v) is 4.93. The van der Waals surface area contributed by atoms with E-state index in [9.17, 15) is 4.79 Å². The van der Waals surface area contributed by atoms with Gasteiger partial charge in [0, 0.05) is 31.3 Å². The molecule has 2 amide bonds. The third-order valence-electron chi connectivity index (χ3n) is 4.93. The van der Waals surface area contributed by atoms with Gasteiger partial charge in [-0.05, 0) is 62.8 Å². The van der Waals surface area contributed by atoms with Gasteiger partial charge in [-0.3, -0.25) is 0 Å². The van der Waals surface area contributed by atoms with Crippen LogP contribution in [-0.2, 0) is 6.54 Å². The molecule has 0 radical (unpaired) electrons. The molecule has 0 aliphatic carbocycles. The number of urea groups is 1. The number of nitrogens with one attached hydrogen (secondary N) is 2. The van der Waals surface area contributed by atoms with Crippen molar-refractivity contribution in [2.45, 2.75) is 38.6 Å². The fourth-order valence-corrected chi connectivity index (χ4v) is 3.54. The Kier molecular flexibility index (Phi) is 6.74. The molecule has 2 N–H and O–H groups in total. The SMILES string of the molecule is O=C(NCCCN1CCCCC1)NCCCn1ccc2ccccc21. The van der Waals surface area contributed by atoms with E-state index in [0.29, 0.717) is 6.54 Å². The second-order valence-electron chi connectivity index (χ2n) is 6.86. The van der Waals surface area contributed by atoms with Gasteiger partial charge < -0.3 is 20.1 Å². The first-order chi connectivity index (χ1) is 12.3. The second kappa shape index (κ2) is 9.47. The number of hydrogen-bond acceptors (Lipinski definition) is 2. The van der Waals surface area contributed by atoms with Crippen molar-refractivity contribution in [2.75, 3.05) is 32.7 Å². The molecule has 25 heavy (non-hydrogen) atoms. The second-order valence-corrected chi connectivity index (χ2v) is 6.86. The molecular formula is C20H30N4O. The molecule has 136 valence electrons. The highest BCUT2D eigenvalue weighted by Crippen LogP contribution is 2.15. The molecule has 5 nitrogen and oxygen atoms in total. The van der Waals surface area contributed by atoms with E-state index >= 15 is 0 Å². The average molecular weight is 342 g/mol. The van der Waals surface area contributed by atoms with Crippen LogP contribution in [0.1, 0.15) is 32.1 Å². The Hall–Kier alpha value is -2.01. The number of aryl methyl sites for hydroxylation is 1. The van der Waals surface area contributed by atoms with Gasteiger partial charge in [-0.2, -0.15) is 0 Å². The maximum atomic E-state index is 11.8. The third kappa shape index (κ3) is 5.49. The van der Waals surface area contributed by atoms with Crippen LogP contribution in [0.2, 0.25) is 0 Å². The van der Waals surface area contributed by atoms with Gasteiger partial charge in [0.1, 0.15) is 0 Å². The smallest absolute Gasteiger partial charge is 0.314 e. The zero-order valence-corrected chi connectivity index (χ0v) is 15.0. The summed E-state index contributed by atoms with van der Waals surface area (Å²) in [6.07, 6.45) is 8.10. The van der Waals surface area contributed by atoms with E-state index in [1.54, 1.807) is 0 Å². The Morgan fingerprint density at radius 2 is 1.64 bits per heavy atom. The number of fused-ring (bicyclic) bond motifs is 1. The molecule has 1 saturated heterocycles. The van der Waals surface area contributed by atoms with Crippen LogP contribution in [0.4, 0.5) is 4.79 Å². The number of nitrogens with zero attached hydrogens (tertiary/aromatic N) is 2. The Bertz CT molecular complexity index is 661. The number of rotatable bonds is 8. The number of para-hydroxylation sites is 1. The fourth-order valence-electron chi connectivity index (χ4n) is 3.54. The van der Waals surface area contributed by atoms with Crippen molar-refractivity contribution in [3.8, 4) is 0 Å². The molecule has 0 unspecified atom stereocenters. The van der Waals surface area contributed by atoms with Gasteiger partial charge in [0.25, 0.3) is 0 Å². The fraction of sp³-hybridized carbons (Fsp3) is 0.550. The molecule has 1 aromatic heterocycles. The monoisotopic (exact) mass is 342 g/mol. The number of likely N-dealkylation sites (tertiary alicyclic amines) is 1. The Labute approximate surface area is 150 Å². The van der Waals surface area contributed by atoms with Crippen LogP contribution >= 0.6 is 0 Å². The molecule has 0 spiro atoms. The highest BCUT2D eigenvalue weighted by Gasteiger charge is 2.09. The van der Waals surface area contributed by atoms with Crippen molar-refractivity contribution in [2.24, 2.45) is 0 Å². The van der Waals surface area contributed by atoms with Gasteiger partial charge in [0.2, 0.25) is 0 Å². The summed E-state index contributed by atoms with van der Waals surface area (Å²) in [5.74, 6) is 0. The van der Waals surface area contributed by atoms with E-state index in [1.807, 2.05) is 0 Å². The van der Waals surface area contributed by atoms with Gasteiger partial charge in [0.15, 0.2) is 0 Å². The first-order valence-electron chi connectivity index (χ1n) is 9.61. The van der Waals surface area contributed by atoms with E-state index in [1.165, 1.54) is 43.3 Å². The van der Waals surface area contributed by atoms with Gasteiger partial charge in [-0.1, -0.05) is 24.6 Å². The summed E-state index contributed by atoms with van der Waals surface area (Å²) in [4.78, 5) is 14.3. The number of benzene rings is 1. The maximum Gasteiger partial charge on any atom is 0.314 e. The van der Waals surface area contributed by atoms with E-state index in [0.717, 1.165) is 32.5 Å². The van der Waals surface area contributed by atoms with Crippen molar-refractivity contribution < 1.29 is 4.79 Å². The van der Waals surface area contributed by atoms with E-state index < -0.39 is 0 Å². The summed E-state index contributed by atoms with van der Waals surface area (Å²) in [5.41, 5.74) is 1.25. The average Bonchev–Trinajstić information content (AvgIpc) is 3.06. The normalized spacial score (nSPS) is 15.4. The minimum Gasteiger partial charge on any atom is -0.347 e. The molecule has 3 rings (SSSR count). The van der Waals surface area contributed by atoms with Crippen molar-refractivity contribution in [1.29, 1.82) is 0 Å². The van der Waals surface area contributed by atoms with Gasteiger partial charge in [0.05, 0.1) is 0 Å². The Morgan fingerprint density at radius 1 is 0.920 bits per heavy atom.